The van der Waals surface area contributed by atoms with Crippen LogP contribution in [0.4, 0.5) is 0 Å². The Bertz CT molecular complexity index is 592. The summed E-state index contributed by atoms with van der Waals surface area (Å²) in [6.07, 6.45) is 0.321. The minimum Gasteiger partial charge on any atom is -0.384 e. The number of carbonyl (C=O) groups excluding carboxylic acids is 2. The number of hydrogen-bond donors (Lipinski definition) is 3. The number of carbonyl (C=O) groups is 2. The SMILES string of the molecule is C[C@H](NC(=O)c1ccc(C(=N)N)cc1)C(=O)N1CCC([O])CC1. The normalized spacial score (nSPS) is 16.7. The molecule has 0 aromatic heterocycles. The number of piperidine rings is 1. The summed E-state index contributed by atoms with van der Waals surface area (Å²) in [5, 5.41) is 21.3. The van der Waals surface area contributed by atoms with Gasteiger partial charge in [0.25, 0.3) is 5.91 Å². The van der Waals surface area contributed by atoms with Crippen LogP contribution in [-0.4, -0.2) is 47.8 Å². The second-order valence-electron chi connectivity index (χ2n) is 5.71. The molecule has 0 bridgehead atoms. The number of likely N-dealkylation sites (tertiary alicyclic amines) is 1. The fourth-order valence-corrected chi connectivity index (χ4v) is 2.49. The fourth-order valence-electron chi connectivity index (χ4n) is 2.49. The first-order valence-electron chi connectivity index (χ1n) is 7.58. The van der Waals surface area contributed by atoms with Crippen molar-refractivity contribution in [2.75, 3.05) is 13.1 Å². The molecule has 1 fully saturated rings. The molecule has 1 atom stereocenters. The number of amides is 2. The highest BCUT2D eigenvalue weighted by atomic mass is 16.3. The van der Waals surface area contributed by atoms with Gasteiger partial charge >= 0.3 is 0 Å². The van der Waals surface area contributed by atoms with Crippen molar-refractivity contribution >= 4 is 17.6 Å². The topological polar surface area (TPSA) is 119 Å². The quantitative estimate of drug-likeness (QED) is 0.554. The van der Waals surface area contributed by atoms with Crippen LogP contribution in [-0.2, 0) is 9.90 Å². The van der Waals surface area contributed by atoms with E-state index in [1.165, 1.54) is 0 Å². The Kier molecular flexibility index (Phi) is 5.33. The van der Waals surface area contributed by atoms with Crippen molar-refractivity contribution in [2.45, 2.75) is 31.9 Å². The predicted molar refractivity (Wildman–Crippen MR) is 84.7 cm³/mol. The van der Waals surface area contributed by atoms with Gasteiger partial charge in [0, 0.05) is 24.2 Å². The maximum Gasteiger partial charge on any atom is 0.251 e. The number of rotatable bonds is 4. The Hall–Kier alpha value is -2.41. The van der Waals surface area contributed by atoms with Gasteiger partial charge in [-0.05, 0) is 31.9 Å². The summed E-state index contributed by atoms with van der Waals surface area (Å²) in [4.78, 5) is 26.1. The van der Waals surface area contributed by atoms with Gasteiger partial charge in [-0.3, -0.25) is 15.0 Å². The molecule has 4 N–H and O–H groups in total. The number of nitrogen functional groups attached to an aromatic ring is 1. The van der Waals surface area contributed by atoms with Crippen LogP contribution in [0, 0.1) is 5.41 Å². The zero-order valence-corrected chi connectivity index (χ0v) is 13.0. The van der Waals surface area contributed by atoms with Gasteiger partial charge in [-0.25, -0.2) is 5.11 Å². The van der Waals surface area contributed by atoms with E-state index in [0.717, 1.165) is 0 Å². The molecule has 123 valence electrons. The average Bonchev–Trinajstić information content (AvgIpc) is 2.54. The Morgan fingerprint density at radius 1 is 1.22 bits per heavy atom. The van der Waals surface area contributed by atoms with Crippen molar-refractivity contribution in [1.82, 2.24) is 10.2 Å². The Morgan fingerprint density at radius 2 is 1.74 bits per heavy atom. The Morgan fingerprint density at radius 3 is 2.26 bits per heavy atom. The molecule has 1 heterocycles. The first kappa shape index (κ1) is 17.0. The van der Waals surface area contributed by atoms with E-state index in [4.69, 9.17) is 11.1 Å². The monoisotopic (exact) mass is 317 g/mol. The second-order valence-corrected chi connectivity index (χ2v) is 5.71. The van der Waals surface area contributed by atoms with Gasteiger partial charge in [0.2, 0.25) is 5.91 Å². The summed E-state index contributed by atoms with van der Waals surface area (Å²) in [6, 6.07) is 5.64. The van der Waals surface area contributed by atoms with Gasteiger partial charge in [-0.2, -0.15) is 0 Å². The number of nitrogens with zero attached hydrogens (tertiary/aromatic N) is 1. The summed E-state index contributed by atoms with van der Waals surface area (Å²) in [5.41, 5.74) is 6.29. The average molecular weight is 317 g/mol. The Labute approximate surface area is 135 Å². The highest BCUT2D eigenvalue weighted by molar-refractivity contribution is 5.99. The summed E-state index contributed by atoms with van der Waals surface area (Å²) in [7, 11) is 0. The van der Waals surface area contributed by atoms with Crippen LogP contribution in [0.25, 0.3) is 0 Å². The van der Waals surface area contributed by atoms with E-state index in [2.05, 4.69) is 5.32 Å². The van der Waals surface area contributed by atoms with E-state index in [1.807, 2.05) is 0 Å². The minimum absolute atomic E-state index is 0.0673. The van der Waals surface area contributed by atoms with Crippen LogP contribution in [0.5, 0.6) is 0 Å². The number of benzene rings is 1. The number of amidine groups is 1. The lowest BCUT2D eigenvalue weighted by atomic mass is 10.1. The molecule has 0 spiro atoms. The van der Waals surface area contributed by atoms with Gasteiger partial charge < -0.3 is 16.0 Å². The summed E-state index contributed by atoms with van der Waals surface area (Å²) >= 11 is 0. The van der Waals surface area contributed by atoms with Gasteiger partial charge in [0.1, 0.15) is 11.9 Å². The molecule has 1 aromatic carbocycles. The molecule has 1 aliphatic rings. The van der Waals surface area contributed by atoms with Gasteiger partial charge in [-0.1, -0.05) is 12.1 Å². The summed E-state index contributed by atoms with van der Waals surface area (Å²) < 4.78 is 0. The number of hydrogen-bond acceptors (Lipinski definition) is 3. The molecule has 1 aliphatic heterocycles. The number of nitrogens with two attached hydrogens (primary N) is 1. The van der Waals surface area contributed by atoms with E-state index >= 15 is 0 Å². The third kappa shape index (κ3) is 4.29. The lowest BCUT2D eigenvalue weighted by molar-refractivity contribution is -0.135. The van der Waals surface area contributed by atoms with Crippen molar-refractivity contribution < 1.29 is 14.7 Å². The first-order valence-corrected chi connectivity index (χ1v) is 7.58. The molecule has 1 saturated heterocycles. The first-order chi connectivity index (χ1) is 10.9. The maximum atomic E-state index is 12.3. The molecule has 1 aromatic rings. The van der Waals surface area contributed by atoms with E-state index in [-0.39, 0.29) is 17.6 Å². The van der Waals surface area contributed by atoms with Crippen LogP contribution in [0.2, 0.25) is 0 Å². The summed E-state index contributed by atoms with van der Waals surface area (Å²) in [5.74, 6) is -0.604. The standard InChI is InChI=1S/C16H21N4O3/c1-10(16(23)20-8-6-13(21)7-9-20)19-15(22)12-4-2-11(3-5-12)14(17)18/h2-5,10,13H,6-9H2,1H3,(H3,17,18)(H,19,22)/t10-/m0/s1. The predicted octanol–water partition coefficient (Wildman–Crippen LogP) is 0.510. The lowest BCUT2D eigenvalue weighted by Crippen LogP contribution is -2.49. The van der Waals surface area contributed by atoms with Crippen molar-refractivity contribution in [2.24, 2.45) is 5.73 Å². The second kappa shape index (κ2) is 7.23. The van der Waals surface area contributed by atoms with Crippen molar-refractivity contribution in [3.63, 3.8) is 0 Å². The molecule has 23 heavy (non-hydrogen) atoms. The zero-order valence-electron chi connectivity index (χ0n) is 13.0. The molecule has 1 radical (unpaired) electrons. The smallest absolute Gasteiger partial charge is 0.251 e. The van der Waals surface area contributed by atoms with Crippen molar-refractivity contribution in [3.05, 3.63) is 35.4 Å². The van der Waals surface area contributed by atoms with Crippen LogP contribution in [0.15, 0.2) is 24.3 Å². The van der Waals surface area contributed by atoms with E-state index in [0.29, 0.717) is 37.1 Å². The molecule has 7 nitrogen and oxygen atoms in total. The van der Waals surface area contributed by atoms with E-state index in [1.54, 1.807) is 36.1 Å². The molecule has 2 amide bonds. The van der Waals surface area contributed by atoms with Gasteiger partial charge in [0.15, 0.2) is 0 Å². The zero-order chi connectivity index (χ0) is 17.0. The van der Waals surface area contributed by atoms with Gasteiger partial charge in [0.05, 0.1) is 6.10 Å². The van der Waals surface area contributed by atoms with Gasteiger partial charge in [-0.15, -0.1) is 0 Å². The third-order valence-corrected chi connectivity index (χ3v) is 3.93. The third-order valence-electron chi connectivity index (χ3n) is 3.93. The van der Waals surface area contributed by atoms with E-state index < -0.39 is 12.1 Å². The molecular weight excluding hydrogens is 296 g/mol. The fraction of sp³-hybridized carbons (Fsp3) is 0.438. The summed E-state index contributed by atoms with van der Waals surface area (Å²) in [6.45, 7) is 2.52. The molecular formula is C16H21N4O3. The largest absolute Gasteiger partial charge is 0.384 e. The van der Waals surface area contributed by atoms with Crippen molar-refractivity contribution in [3.8, 4) is 0 Å². The Balaban J connectivity index is 1.93. The van der Waals surface area contributed by atoms with Crippen LogP contribution in [0.1, 0.15) is 35.7 Å². The lowest BCUT2D eigenvalue weighted by Gasteiger charge is -2.31. The molecule has 2 rings (SSSR count). The van der Waals surface area contributed by atoms with Crippen molar-refractivity contribution in [1.29, 1.82) is 5.41 Å². The van der Waals surface area contributed by atoms with E-state index in [9.17, 15) is 14.7 Å². The molecule has 0 unspecified atom stereocenters. The minimum atomic E-state index is -0.654. The molecule has 7 heteroatoms. The number of nitrogens with one attached hydrogen (secondary N) is 2. The molecule has 0 aliphatic carbocycles. The maximum absolute atomic E-state index is 12.3. The highest BCUT2D eigenvalue weighted by Crippen LogP contribution is 2.12. The molecule has 0 saturated carbocycles. The van der Waals surface area contributed by atoms with Crippen LogP contribution in [0.3, 0.4) is 0 Å². The highest BCUT2D eigenvalue weighted by Gasteiger charge is 2.26. The van der Waals surface area contributed by atoms with Crippen LogP contribution < -0.4 is 11.1 Å². The van der Waals surface area contributed by atoms with Crippen LogP contribution >= 0.6 is 0 Å².